The first-order chi connectivity index (χ1) is 16.6. The zero-order valence-corrected chi connectivity index (χ0v) is 21.1. The number of carbonyl (C=O) groups is 1. The van der Waals surface area contributed by atoms with Gasteiger partial charge in [-0.15, -0.1) is 10.2 Å². The number of rotatable bonds is 9. The molecule has 0 unspecified atom stereocenters. The van der Waals surface area contributed by atoms with Gasteiger partial charge in [0.15, 0.2) is 11.0 Å². The van der Waals surface area contributed by atoms with Crippen molar-refractivity contribution in [3.8, 4) is 22.8 Å². The van der Waals surface area contributed by atoms with Crippen LogP contribution in [0.4, 0.5) is 0 Å². The second-order valence-corrected chi connectivity index (χ2v) is 9.51. The third kappa shape index (κ3) is 5.62. The van der Waals surface area contributed by atoms with Crippen molar-refractivity contribution in [3.63, 3.8) is 0 Å². The van der Waals surface area contributed by atoms with E-state index in [1.165, 1.54) is 5.56 Å². The number of ether oxygens (including phenoxy) is 1. The van der Waals surface area contributed by atoms with Crippen LogP contribution in [-0.2, 0) is 4.79 Å². The van der Waals surface area contributed by atoms with E-state index in [1.807, 2.05) is 29.2 Å². The molecule has 1 aliphatic heterocycles. The molecule has 8 heteroatoms. The first-order valence-corrected chi connectivity index (χ1v) is 12.9. The summed E-state index contributed by atoms with van der Waals surface area (Å²) in [5.41, 5.74) is 3.10. The second kappa shape index (κ2) is 11.5. The summed E-state index contributed by atoms with van der Waals surface area (Å²) >= 11 is 1.63. The molecule has 0 N–H and O–H groups in total. The van der Waals surface area contributed by atoms with Crippen LogP contribution in [-0.4, -0.2) is 76.1 Å². The molecule has 1 aliphatic rings. The number of para-hydroxylation sites is 2. The number of nitrogens with zero attached hydrogens (tertiary/aromatic N) is 5. The van der Waals surface area contributed by atoms with E-state index in [2.05, 4.69) is 57.8 Å². The lowest BCUT2D eigenvalue weighted by molar-refractivity contribution is -0.132. The summed E-state index contributed by atoms with van der Waals surface area (Å²) in [4.78, 5) is 17.0. The molecule has 1 amide bonds. The zero-order chi connectivity index (χ0) is 23.9. The number of piperazine rings is 1. The van der Waals surface area contributed by atoms with Crippen LogP contribution >= 0.6 is 11.8 Å². The van der Waals surface area contributed by atoms with Crippen LogP contribution in [0.5, 0.6) is 5.75 Å². The maximum Gasteiger partial charge on any atom is 0.222 e. The van der Waals surface area contributed by atoms with E-state index >= 15 is 0 Å². The van der Waals surface area contributed by atoms with Crippen molar-refractivity contribution in [1.29, 1.82) is 0 Å². The lowest BCUT2D eigenvalue weighted by atomic mass is 10.1. The van der Waals surface area contributed by atoms with Crippen molar-refractivity contribution in [2.75, 3.05) is 45.6 Å². The van der Waals surface area contributed by atoms with Gasteiger partial charge in [0.25, 0.3) is 0 Å². The summed E-state index contributed by atoms with van der Waals surface area (Å²) in [7, 11) is 1.67. The molecular weight excluding hydrogens is 446 g/mol. The molecule has 1 saturated heterocycles. The molecule has 4 rings (SSSR count). The molecule has 34 heavy (non-hydrogen) atoms. The topological polar surface area (TPSA) is 63.5 Å². The van der Waals surface area contributed by atoms with E-state index in [0.717, 1.165) is 72.9 Å². The van der Waals surface area contributed by atoms with Crippen molar-refractivity contribution < 1.29 is 9.53 Å². The molecule has 0 saturated carbocycles. The van der Waals surface area contributed by atoms with Crippen LogP contribution in [0.3, 0.4) is 0 Å². The Morgan fingerprint density at radius 2 is 1.76 bits per heavy atom. The molecule has 2 heterocycles. The molecule has 0 aliphatic carbocycles. The minimum atomic E-state index is 0.253. The van der Waals surface area contributed by atoms with E-state index < -0.39 is 0 Å². The van der Waals surface area contributed by atoms with Gasteiger partial charge in [-0.05, 0) is 32.0 Å². The van der Waals surface area contributed by atoms with Gasteiger partial charge >= 0.3 is 0 Å². The van der Waals surface area contributed by atoms with Gasteiger partial charge in [0.05, 0.1) is 12.8 Å². The molecule has 0 atom stereocenters. The van der Waals surface area contributed by atoms with E-state index in [0.29, 0.717) is 6.42 Å². The lowest BCUT2D eigenvalue weighted by Crippen LogP contribution is -2.48. The standard InChI is InChI=1S/C26H33N5O2S/c1-4-29-15-17-30(18-16-29)24(32)10-7-19-34-26-28-27-25(21-13-11-20(2)12-14-21)31(26)22-8-5-6-9-23(22)33-3/h5-6,8-9,11-14H,4,7,10,15-19H2,1-3H3. The molecule has 1 fully saturated rings. The highest BCUT2D eigenvalue weighted by molar-refractivity contribution is 7.99. The van der Waals surface area contributed by atoms with Crippen LogP contribution in [0, 0.1) is 6.92 Å². The number of amides is 1. The first-order valence-electron chi connectivity index (χ1n) is 11.9. The summed E-state index contributed by atoms with van der Waals surface area (Å²) in [5.74, 6) is 2.58. The summed E-state index contributed by atoms with van der Waals surface area (Å²) in [6.07, 6.45) is 1.36. The Hall–Kier alpha value is -2.84. The molecule has 0 spiro atoms. The van der Waals surface area contributed by atoms with Crippen LogP contribution in [0.1, 0.15) is 25.3 Å². The molecule has 180 valence electrons. The van der Waals surface area contributed by atoms with Crippen LogP contribution < -0.4 is 4.74 Å². The quantitative estimate of drug-likeness (QED) is 0.337. The van der Waals surface area contributed by atoms with Crippen molar-refractivity contribution in [1.82, 2.24) is 24.6 Å². The van der Waals surface area contributed by atoms with Gasteiger partial charge in [-0.25, -0.2) is 0 Å². The van der Waals surface area contributed by atoms with Crippen molar-refractivity contribution in [2.45, 2.75) is 31.8 Å². The van der Waals surface area contributed by atoms with Crippen LogP contribution in [0.2, 0.25) is 0 Å². The normalized spacial score (nSPS) is 14.4. The minimum absolute atomic E-state index is 0.253. The van der Waals surface area contributed by atoms with Crippen molar-refractivity contribution in [3.05, 3.63) is 54.1 Å². The van der Waals surface area contributed by atoms with Gasteiger partial charge in [0.2, 0.25) is 5.91 Å². The fraction of sp³-hybridized carbons (Fsp3) is 0.423. The van der Waals surface area contributed by atoms with Gasteiger partial charge in [-0.3, -0.25) is 9.36 Å². The molecule has 7 nitrogen and oxygen atoms in total. The number of carbonyl (C=O) groups excluding carboxylic acids is 1. The smallest absolute Gasteiger partial charge is 0.222 e. The monoisotopic (exact) mass is 479 g/mol. The first kappa shape index (κ1) is 24.3. The largest absolute Gasteiger partial charge is 0.495 e. The lowest BCUT2D eigenvalue weighted by Gasteiger charge is -2.34. The average Bonchev–Trinajstić information content (AvgIpc) is 3.30. The number of aryl methyl sites for hydroxylation is 1. The Kier molecular flexibility index (Phi) is 8.24. The molecule has 1 aromatic heterocycles. The predicted molar refractivity (Wildman–Crippen MR) is 137 cm³/mol. The Morgan fingerprint density at radius 1 is 1.03 bits per heavy atom. The fourth-order valence-electron chi connectivity index (χ4n) is 4.14. The number of hydrogen-bond acceptors (Lipinski definition) is 6. The Bertz CT molecular complexity index is 1090. The predicted octanol–water partition coefficient (Wildman–Crippen LogP) is 4.29. The Labute approximate surface area is 206 Å². The highest BCUT2D eigenvalue weighted by atomic mass is 32.2. The van der Waals surface area contributed by atoms with Crippen molar-refractivity contribution >= 4 is 17.7 Å². The highest BCUT2D eigenvalue weighted by Gasteiger charge is 2.21. The minimum Gasteiger partial charge on any atom is -0.495 e. The van der Waals surface area contributed by atoms with Gasteiger partial charge in [0.1, 0.15) is 5.75 Å². The van der Waals surface area contributed by atoms with Crippen molar-refractivity contribution in [2.24, 2.45) is 0 Å². The van der Waals surface area contributed by atoms with Crippen LogP contribution in [0.25, 0.3) is 17.1 Å². The van der Waals surface area contributed by atoms with E-state index in [4.69, 9.17) is 4.74 Å². The number of likely N-dealkylation sites (N-methyl/N-ethyl adjacent to an activating group) is 1. The van der Waals surface area contributed by atoms with E-state index in [-0.39, 0.29) is 5.91 Å². The zero-order valence-electron chi connectivity index (χ0n) is 20.2. The summed E-state index contributed by atoms with van der Waals surface area (Å²) in [6, 6.07) is 16.2. The molecule has 3 aromatic rings. The summed E-state index contributed by atoms with van der Waals surface area (Å²) in [5, 5.41) is 9.83. The van der Waals surface area contributed by atoms with Gasteiger partial charge in [0, 0.05) is 43.9 Å². The fourth-order valence-corrected chi connectivity index (χ4v) is 5.03. The maximum absolute atomic E-state index is 12.6. The Balaban J connectivity index is 1.46. The van der Waals surface area contributed by atoms with E-state index in [1.54, 1.807) is 18.9 Å². The van der Waals surface area contributed by atoms with E-state index in [9.17, 15) is 4.79 Å². The third-order valence-electron chi connectivity index (χ3n) is 6.21. The number of methoxy groups -OCH3 is 1. The SMILES string of the molecule is CCN1CCN(C(=O)CCCSc2nnc(-c3ccc(C)cc3)n2-c2ccccc2OC)CC1. The van der Waals surface area contributed by atoms with Crippen LogP contribution in [0.15, 0.2) is 53.7 Å². The van der Waals surface area contributed by atoms with Gasteiger partial charge in [-0.2, -0.15) is 0 Å². The maximum atomic E-state index is 12.6. The number of aromatic nitrogens is 3. The average molecular weight is 480 g/mol. The van der Waals surface area contributed by atoms with Gasteiger partial charge < -0.3 is 14.5 Å². The molecular formula is C26H33N5O2S. The molecule has 0 radical (unpaired) electrons. The third-order valence-corrected chi connectivity index (χ3v) is 7.22. The molecule has 0 bridgehead atoms. The van der Waals surface area contributed by atoms with Gasteiger partial charge in [-0.1, -0.05) is 60.6 Å². The number of benzene rings is 2. The highest BCUT2D eigenvalue weighted by Crippen LogP contribution is 2.32. The number of hydrogen-bond donors (Lipinski definition) is 0. The summed E-state index contributed by atoms with van der Waals surface area (Å²) in [6.45, 7) is 8.91. The second-order valence-electron chi connectivity index (χ2n) is 8.45. The Morgan fingerprint density at radius 3 is 2.47 bits per heavy atom. The molecule has 2 aromatic carbocycles. The number of thioether (sulfide) groups is 1. The summed E-state index contributed by atoms with van der Waals surface area (Å²) < 4.78 is 7.69.